The maximum atomic E-state index is 12.8. The van der Waals surface area contributed by atoms with E-state index < -0.39 is 54.2 Å². The van der Waals surface area contributed by atoms with E-state index in [9.17, 15) is 31.2 Å². The van der Waals surface area contributed by atoms with E-state index in [-0.39, 0.29) is 11.3 Å². The molecule has 160 valence electrons. The highest BCUT2D eigenvalue weighted by Crippen LogP contribution is 2.38. The van der Waals surface area contributed by atoms with Gasteiger partial charge in [0.05, 0.1) is 15.6 Å². The lowest BCUT2D eigenvalue weighted by atomic mass is 10.1. The van der Waals surface area contributed by atoms with E-state index in [1.807, 2.05) is 4.72 Å². The van der Waals surface area contributed by atoms with Crippen LogP contribution < -0.4 is 4.72 Å². The van der Waals surface area contributed by atoms with E-state index in [4.69, 9.17) is 33.4 Å². The van der Waals surface area contributed by atoms with Crippen LogP contribution in [0.2, 0.25) is 10.0 Å². The molecular formula is C17H10Cl2F3NO6S. The van der Waals surface area contributed by atoms with Crippen molar-refractivity contribution in [2.75, 3.05) is 4.72 Å². The molecule has 0 aliphatic rings. The Bertz CT molecular complexity index is 1140. The van der Waals surface area contributed by atoms with Crippen LogP contribution in [0.4, 0.5) is 18.9 Å². The van der Waals surface area contributed by atoms with Gasteiger partial charge in [0.25, 0.3) is 10.0 Å². The summed E-state index contributed by atoms with van der Waals surface area (Å²) in [5.41, 5.74) is -1.63. The highest BCUT2D eigenvalue weighted by atomic mass is 35.5. The van der Waals surface area contributed by atoms with Gasteiger partial charge >= 0.3 is 12.1 Å². The topological polar surface area (TPSA) is 121 Å². The first kappa shape index (κ1) is 23.5. The number of halogens is 5. The summed E-state index contributed by atoms with van der Waals surface area (Å²) in [7, 11) is -4.57. The average Bonchev–Trinajstić information content (AvgIpc) is 2.59. The third-order valence-corrected chi connectivity index (χ3v) is 5.78. The third kappa shape index (κ3) is 5.43. The Hall–Kier alpha value is -2.76. The van der Waals surface area contributed by atoms with Crippen molar-refractivity contribution in [3.8, 4) is 0 Å². The van der Waals surface area contributed by atoms with Crippen LogP contribution in [-0.2, 0) is 21.0 Å². The molecule has 0 unspecified atom stereocenters. The van der Waals surface area contributed by atoms with Crippen LogP contribution in [0.3, 0.4) is 0 Å². The van der Waals surface area contributed by atoms with Gasteiger partial charge < -0.3 is 10.2 Å². The Labute approximate surface area is 177 Å². The molecular weight excluding hydrogens is 474 g/mol. The van der Waals surface area contributed by atoms with Crippen LogP contribution in [0.25, 0.3) is 0 Å². The summed E-state index contributed by atoms with van der Waals surface area (Å²) in [4.78, 5) is 21.7. The zero-order chi connectivity index (χ0) is 22.9. The monoisotopic (exact) mass is 483 g/mol. The fourth-order valence-corrected chi connectivity index (χ4v) is 4.46. The first-order valence-corrected chi connectivity index (χ1v) is 9.83. The molecule has 13 heteroatoms. The van der Waals surface area contributed by atoms with Crippen LogP contribution in [0.5, 0.6) is 0 Å². The average molecular weight is 484 g/mol. The molecule has 0 spiro atoms. The molecule has 0 aliphatic carbocycles. The Morgan fingerprint density at radius 2 is 1.60 bits per heavy atom. The number of ketones is 1. The summed E-state index contributed by atoms with van der Waals surface area (Å²) in [5, 5.41) is 16.2. The summed E-state index contributed by atoms with van der Waals surface area (Å²) < 4.78 is 65.6. The summed E-state index contributed by atoms with van der Waals surface area (Å²) >= 11 is 11.4. The van der Waals surface area contributed by atoms with Crippen LogP contribution in [0, 0.1) is 0 Å². The fraction of sp³-hybridized carbons (Fsp3) is 0.0588. The minimum absolute atomic E-state index is 0.187. The van der Waals surface area contributed by atoms with Crippen molar-refractivity contribution in [3.05, 3.63) is 69.4 Å². The van der Waals surface area contributed by atoms with Crippen molar-refractivity contribution in [3.63, 3.8) is 0 Å². The lowest BCUT2D eigenvalue weighted by molar-refractivity contribution is -0.137. The molecule has 0 aromatic heterocycles. The smallest absolute Gasteiger partial charge is 0.416 e. The second-order valence-corrected chi connectivity index (χ2v) is 8.09. The molecule has 3 N–H and O–H groups in total. The molecule has 2 rings (SSSR count). The number of rotatable bonds is 6. The molecule has 0 fully saturated rings. The van der Waals surface area contributed by atoms with Gasteiger partial charge in [-0.15, -0.1) is 0 Å². The standard InChI is InChI=1S/C17H10Cl2F3NO6S/c18-11-5-9(17(20,21)22)6-12(19)15(11)30(28,29)23-10-3-1-2-8(4-10)13(24)7-14(25)16(26)27/h1-7,23,25H,(H,26,27). The molecule has 2 aromatic carbocycles. The number of carbonyl (C=O) groups is 2. The third-order valence-electron chi connectivity index (χ3n) is 3.48. The summed E-state index contributed by atoms with van der Waals surface area (Å²) in [6.07, 6.45) is -4.38. The highest BCUT2D eigenvalue weighted by molar-refractivity contribution is 7.93. The Balaban J connectivity index is 2.41. The molecule has 7 nitrogen and oxygen atoms in total. The van der Waals surface area contributed by atoms with Gasteiger partial charge in [-0.3, -0.25) is 9.52 Å². The van der Waals surface area contributed by atoms with Crippen molar-refractivity contribution < 1.29 is 41.4 Å². The second kappa shape index (κ2) is 8.54. The van der Waals surface area contributed by atoms with Crippen LogP contribution >= 0.6 is 23.2 Å². The zero-order valence-corrected chi connectivity index (χ0v) is 16.7. The molecule has 0 saturated carbocycles. The minimum atomic E-state index is -4.80. The Kier molecular flexibility index (Phi) is 6.70. The summed E-state index contributed by atoms with van der Waals surface area (Å²) in [6.45, 7) is 0. The van der Waals surface area contributed by atoms with Crippen molar-refractivity contribution >= 4 is 50.7 Å². The van der Waals surface area contributed by atoms with E-state index in [1.165, 1.54) is 18.2 Å². The molecule has 2 aromatic rings. The van der Waals surface area contributed by atoms with Crippen LogP contribution in [0.15, 0.2) is 53.1 Å². The number of aliphatic hydroxyl groups is 1. The number of benzene rings is 2. The van der Waals surface area contributed by atoms with E-state index in [0.717, 1.165) is 6.07 Å². The predicted molar refractivity (Wildman–Crippen MR) is 101 cm³/mol. The van der Waals surface area contributed by atoms with Gasteiger partial charge in [0.15, 0.2) is 5.78 Å². The minimum Gasteiger partial charge on any atom is -0.502 e. The van der Waals surface area contributed by atoms with E-state index in [1.54, 1.807) is 0 Å². The van der Waals surface area contributed by atoms with Gasteiger partial charge in [0, 0.05) is 17.3 Å². The predicted octanol–water partition coefficient (Wildman–Crippen LogP) is 4.52. The molecule has 30 heavy (non-hydrogen) atoms. The van der Waals surface area contributed by atoms with E-state index >= 15 is 0 Å². The SMILES string of the molecule is O=C(O)C(O)=CC(=O)c1cccc(NS(=O)(=O)c2c(Cl)cc(C(F)(F)F)cc2Cl)c1. The number of anilines is 1. The van der Waals surface area contributed by atoms with Gasteiger partial charge in [0.2, 0.25) is 5.76 Å². The Morgan fingerprint density at radius 3 is 2.10 bits per heavy atom. The summed E-state index contributed by atoms with van der Waals surface area (Å²) in [5.74, 6) is -3.91. The molecule has 0 saturated heterocycles. The van der Waals surface area contributed by atoms with Crippen molar-refractivity contribution in [2.24, 2.45) is 0 Å². The number of carbonyl (C=O) groups excluding carboxylic acids is 1. The highest BCUT2D eigenvalue weighted by Gasteiger charge is 2.34. The second-order valence-electron chi connectivity index (χ2n) is 5.65. The maximum absolute atomic E-state index is 12.8. The van der Waals surface area contributed by atoms with Crippen LogP contribution in [0.1, 0.15) is 15.9 Å². The largest absolute Gasteiger partial charge is 0.502 e. The zero-order valence-electron chi connectivity index (χ0n) is 14.4. The first-order chi connectivity index (χ1) is 13.7. The lowest BCUT2D eigenvalue weighted by Crippen LogP contribution is -2.15. The number of sulfonamides is 1. The van der Waals surface area contributed by atoms with Gasteiger partial charge in [0.1, 0.15) is 4.90 Å². The molecule has 0 aliphatic heterocycles. The van der Waals surface area contributed by atoms with Gasteiger partial charge in [-0.05, 0) is 24.3 Å². The number of carboxylic acids is 1. The van der Waals surface area contributed by atoms with Gasteiger partial charge in [-0.25, -0.2) is 13.2 Å². The van der Waals surface area contributed by atoms with Gasteiger partial charge in [-0.1, -0.05) is 35.3 Å². The quantitative estimate of drug-likeness (QED) is 0.315. The molecule has 0 bridgehead atoms. The van der Waals surface area contributed by atoms with E-state index in [2.05, 4.69) is 0 Å². The number of carboxylic acid groups (broad SMARTS) is 1. The van der Waals surface area contributed by atoms with Crippen LogP contribution in [-0.4, -0.2) is 30.4 Å². The molecule has 0 heterocycles. The lowest BCUT2D eigenvalue weighted by Gasteiger charge is -2.14. The van der Waals surface area contributed by atoms with Crippen molar-refractivity contribution in [1.29, 1.82) is 0 Å². The molecule has 0 radical (unpaired) electrons. The number of nitrogens with one attached hydrogen (secondary N) is 1. The number of hydrogen-bond donors (Lipinski definition) is 3. The number of aliphatic hydroxyl groups excluding tert-OH is 1. The molecule has 0 atom stereocenters. The first-order valence-electron chi connectivity index (χ1n) is 7.60. The number of allylic oxidation sites excluding steroid dienone is 1. The fourth-order valence-electron chi connectivity index (χ4n) is 2.19. The number of alkyl halides is 3. The van der Waals surface area contributed by atoms with Crippen molar-refractivity contribution in [2.45, 2.75) is 11.1 Å². The van der Waals surface area contributed by atoms with Crippen molar-refractivity contribution in [1.82, 2.24) is 0 Å². The normalized spacial score (nSPS) is 12.5. The molecule has 0 amide bonds. The van der Waals surface area contributed by atoms with E-state index in [0.29, 0.717) is 18.2 Å². The summed E-state index contributed by atoms with van der Waals surface area (Å²) in [6, 6.07) is 5.48. The number of aliphatic carboxylic acids is 1. The Morgan fingerprint density at radius 1 is 1.03 bits per heavy atom. The number of hydrogen-bond acceptors (Lipinski definition) is 5. The van der Waals surface area contributed by atoms with Gasteiger partial charge in [-0.2, -0.15) is 13.2 Å². The maximum Gasteiger partial charge on any atom is 0.416 e.